The molecular weight excluding hydrogens is 355 g/mol. The van der Waals surface area contributed by atoms with Crippen LogP contribution in [0.2, 0.25) is 0 Å². The van der Waals surface area contributed by atoms with Crippen molar-refractivity contribution in [3.8, 4) is 22.6 Å². The minimum atomic E-state index is -2.46. The first-order valence-electron chi connectivity index (χ1n) is 8.46. The normalized spacial score (nSPS) is 14.7. The average molecular weight is 372 g/mol. The smallest absolute Gasteiger partial charge is 0.258 e. The van der Waals surface area contributed by atoms with Gasteiger partial charge < -0.3 is 9.97 Å². The summed E-state index contributed by atoms with van der Waals surface area (Å²) in [5.41, 5.74) is 2.51. The number of hydrogen-bond acceptors (Lipinski definition) is 4. The fourth-order valence-electron chi connectivity index (χ4n) is 3.38. The zero-order chi connectivity index (χ0) is 18.1. The summed E-state index contributed by atoms with van der Waals surface area (Å²) in [7, 11) is -2.46. The lowest BCUT2D eigenvalue weighted by atomic mass is 10.1. The first-order valence-corrected chi connectivity index (χ1v) is 9.53. The molecule has 134 valence electrons. The molecule has 0 aliphatic heterocycles. The molecule has 2 N–H and O–H groups in total. The third-order valence-corrected chi connectivity index (χ3v) is 5.19. The second-order valence-corrected chi connectivity index (χ2v) is 7.20. The van der Waals surface area contributed by atoms with Crippen LogP contribution in [-0.2, 0) is 10.3 Å². The number of hydrogen-bond donors (Lipinski definition) is 2. The van der Waals surface area contributed by atoms with E-state index in [1.807, 2.05) is 0 Å². The molecule has 1 aromatic carbocycles. The molecule has 1 aliphatic rings. The summed E-state index contributed by atoms with van der Waals surface area (Å²) in [6.45, 7) is 0. The highest BCUT2D eigenvalue weighted by atomic mass is 32.2. The van der Waals surface area contributed by atoms with E-state index in [4.69, 9.17) is 4.98 Å². The Hall–Kier alpha value is -2.74. The topological polar surface area (TPSA) is 91.5 Å². The summed E-state index contributed by atoms with van der Waals surface area (Å²) in [6.07, 6.45) is 6.01. The van der Waals surface area contributed by atoms with Crippen LogP contribution in [0, 0.1) is 10.6 Å². The highest BCUT2D eigenvalue weighted by molar-refractivity contribution is 7.63. The van der Waals surface area contributed by atoms with Crippen molar-refractivity contribution in [1.82, 2.24) is 19.9 Å². The number of halogens is 1. The van der Waals surface area contributed by atoms with Crippen LogP contribution in [0.5, 0.6) is 0 Å². The summed E-state index contributed by atoms with van der Waals surface area (Å²) >= 11 is 0. The lowest BCUT2D eigenvalue weighted by molar-refractivity contribution is 0.623. The molecule has 0 unspecified atom stereocenters. The molecule has 1 aliphatic carbocycles. The molecule has 1 saturated carbocycles. The molecule has 0 bridgehead atoms. The quantitative estimate of drug-likeness (QED) is 0.686. The number of nitrogens with zero attached hydrogens (tertiary/aromatic N) is 2. The fraction of sp³-hybridized carbons (Fsp3) is 0.278. The monoisotopic (exact) mass is 372 g/mol. The molecular formula is C18H17FN4O2S. The van der Waals surface area contributed by atoms with E-state index in [1.165, 1.54) is 31.2 Å². The zero-order valence-electron chi connectivity index (χ0n) is 13.9. The Balaban J connectivity index is 1.90. The van der Waals surface area contributed by atoms with Gasteiger partial charge in [-0.3, -0.25) is 0 Å². The van der Waals surface area contributed by atoms with Crippen LogP contribution in [0.4, 0.5) is 4.39 Å². The summed E-state index contributed by atoms with van der Waals surface area (Å²) < 4.78 is 35.6. The molecule has 0 spiro atoms. The van der Waals surface area contributed by atoms with Crippen LogP contribution in [0.15, 0.2) is 36.5 Å². The van der Waals surface area contributed by atoms with Gasteiger partial charge >= 0.3 is 0 Å². The zero-order valence-corrected chi connectivity index (χ0v) is 14.7. The van der Waals surface area contributed by atoms with E-state index in [1.54, 1.807) is 18.2 Å². The molecule has 2 heterocycles. The molecule has 0 radical (unpaired) electrons. The second-order valence-electron chi connectivity index (χ2n) is 6.35. The summed E-state index contributed by atoms with van der Waals surface area (Å²) in [5, 5.41) is 0. The van der Waals surface area contributed by atoms with E-state index in [-0.39, 0.29) is 10.6 Å². The van der Waals surface area contributed by atoms with Gasteiger partial charge in [-0.1, -0.05) is 12.8 Å². The molecule has 8 heteroatoms. The van der Waals surface area contributed by atoms with Gasteiger partial charge in [-0.15, -0.1) is 0 Å². The SMILES string of the molecule is O=S(=O)=c1nc(-c2[nH]c(C3CCCC3)nc2-c2ccc(F)cc2)cc[nH]1. The van der Waals surface area contributed by atoms with E-state index >= 15 is 0 Å². The van der Waals surface area contributed by atoms with E-state index in [0.29, 0.717) is 23.0 Å². The molecule has 0 amide bonds. The van der Waals surface area contributed by atoms with Crippen molar-refractivity contribution >= 4 is 10.3 Å². The van der Waals surface area contributed by atoms with Gasteiger partial charge in [-0.05, 0) is 43.2 Å². The van der Waals surface area contributed by atoms with E-state index in [2.05, 4.69) is 15.0 Å². The Morgan fingerprint density at radius 2 is 1.77 bits per heavy atom. The van der Waals surface area contributed by atoms with E-state index < -0.39 is 10.3 Å². The van der Waals surface area contributed by atoms with Crippen LogP contribution in [0.3, 0.4) is 0 Å². The van der Waals surface area contributed by atoms with Gasteiger partial charge in [0.2, 0.25) is 0 Å². The second kappa shape index (κ2) is 6.87. The van der Waals surface area contributed by atoms with Crippen molar-refractivity contribution in [2.75, 3.05) is 0 Å². The highest BCUT2D eigenvalue weighted by Gasteiger charge is 2.23. The predicted molar refractivity (Wildman–Crippen MR) is 94.9 cm³/mol. The molecule has 6 nitrogen and oxygen atoms in total. The number of imidazole rings is 1. The number of aromatic amines is 2. The van der Waals surface area contributed by atoms with Crippen LogP contribution in [0.1, 0.15) is 37.4 Å². The van der Waals surface area contributed by atoms with E-state index in [0.717, 1.165) is 24.2 Å². The average Bonchev–Trinajstić information content (AvgIpc) is 3.32. The molecule has 0 atom stereocenters. The summed E-state index contributed by atoms with van der Waals surface area (Å²) in [4.78, 5) is 14.9. The third-order valence-electron chi connectivity index (χ3n) is 4.67. The van der Waals surface area contributed by atoms with Crippen molar-refractivity contribution < 1.29 is 12.8 Å². The molecule has 1 fully saturated rings. The Kier molecular flexibility index (Phi) is 4.42. The number of benzene rings is 1. The standard InChI is InChI=1S/C18H17FN4O2S/c19-13-7-5-11(6-8-13)15-16(14-9-10-20-18(21-14)26(24)25)23-17(22-15)12-3-1-2-4-12/h5-10,12,20H,1-4H2,(H,22,23). The van der Waals surface area contributed by atoms with E-state index in [9.17, 15) is 12.8 Å². The van der Waals surface area contributed by atoms with Crippen molar-refractivity contribution in [1.29, 1.82) is 0 Å². The maximum absolute atomic E-state index is 13.3. The van der Waals surface area contributed by atoms with Gasteiger partial charge in [0, 0.05) is 17.7 Å². The maximum Gasteiger partial charge on any atom is 0.258 e. The summed E-state index contributed by atoms with van der Waals surface area (Å²) in [6, 6.07) is 7.78. The minimum absolute atomic E-state index is 0.149. The van der Waals surface area contributed by atoms with Gasteiger partial charge in [0.1, 0.15) is 11.6 Å². The molecule has 2 aromatic heterocycles. The fourth-order valence-corrected chi connectivity index (χ4v) is 3.72. The lowest BCUT2D eigenvalue weighted by Gasteiger charge is -2.03. The predicted octanol–water partition coefficient (Wildman–Crippen LogP) is 3.67. The number of aromatic nitrogens is 4. The first kappa shape index (κ1) is 16.7. The van der Waals surface area contributed by atoms with Crippen LogP contribution < -0.4 is 0 Å². The van der Waals surface area contributed by atoms with Crippen molar-refractivity contribution in [2.24, 2.45) is 0 Å². The van der Waals surface area contributed by atoms with Crippen molar-refractivity contribution in [2.45, 2.75) is 31.6 Å². The lowest BCUT2D eigenvalue weighted by Crippen LogP contribution is -1.95. The number of rotatable bonds is 3. The Bertz CT molecular complexity index is 1100. The third kappa shape index (κ3) is 3.20. The first-order chi connectivity index (χ1) is 12.6. The molecule has 26 heavy (non-hydrogen) atoms. The largest absolute Gasteiger partial charge is 0.340 e. The number of H-pyrrole nitrogens is 2. The Morgan fingerprint density at radius 3 is 2.46 bits per heavy atom. The van der Waals surface area contributed by atoms with Crippen molar-refractivity contribution in [3.63, 3.8) is 0 Å². The van der Waals surface area contributed by atoms with Gasteiger partial charge in [0.25, 0.3) is 15.1 Å². The van der Waals surface area contributed by atoms with Gasteiger partial charge in [0.05, 0.1) is 17.1 Å². The molecule has 3 aromatic rings. The van der Waals surface area contributed by atoms with Crippen LogP contribution in [-0.4, -0.2) is 28.4 Å². The number of nitrogens with one attached hydrogen (secondary N) is 2. The maximum atomic E-state index is 13.3. The summed E-state index contributed by atoms with van der Waals surface area (Å²) in [5.74, 6) is 0.904. The van der Waals surface area contributed by atoms with Crippen molar-refractivity contribution in [3.05, 3.63) is 52.9 Å². The molecule has 4 rings (SSSR count). The van der Waals surface area contributed by atoms with Gasteiger partial charge in [-0.25, -0.2) is 14.4 Å². The van der Waals surface area contributed by atoms with Crippen LogP contribution in [0.25, 0.3) is 22.6 Å². The van der Waals surface area contributed by atoms with Crippen LogP contribution >= 0.6 is 0 Å². The van der Waals surface area contributed by atoms with Gasteiger partial charge in [0.15, 0.2) is 0 Å². The highest BCUT2D eigenvalue weighted by Crippen LogP contribution is 2.37. The Morgan fingerprint density at radius 1 is 1.04 bits per heavy atom. The molecule has 0 saturated heterocycles. The minimum Gasteiger partial charge on any atom is -0.340 e. The Labute approximate surface area is 150 Å². The van der Waals surface area contributed by atoms with Gasteiger partial charge in [-0.2, -0.15) is 8.42 Å².